The van der Waals surface area contributed by atoms with Crippen LogP contribution < -0.4 is 10.6 Å². The minimum absolute atomic E-state index is 0.0781. The first-order chi connectivity index (χ1) is 12.2. The van der Waals surface area contributed by atoms with Crippen molar-refractivity contribution in [2.75, 3.05) is 10.6 Å². The fraction of sp³-hybridized carbons (Fsp3) is 0.368. The van der Waals surface area contributed by atoms with Crippen molar-refractivity contribution in [3.05, 3.63) is 36.0 Å². The van der Waals surface area contributed by atoms with Gasteiger partial charge in [0.25, 0.3) is 0 Å². The summed E-state index contributed by atoms with van der Waals surface area (Å²) in [6.07, 6.45) is 7.82. The van der Waals surface area contributed by atoms with Gasteiger partial charge in [0.15, 0.2) is 0 Å². The van der Waals surface area contributed by atoms with Crippen LogP contribution in [0.3, 0.4) is 0 Å². The van der Waals surface area contributed by atoms with E-state index in [-0.39, 0.29) is 5.88 Å². The Bertz CT molecular complexity index is 883. The van der Waals surface area contributed by atoms with Crippen LogP contribution in [0.15, 0.2) is 30.5 Å². The number of aromatic hydroxyl groups is 1. The van der Waals surface area contributed by atoms with Gasteiger partial charge in [-0.2, -0.15) is 4.98 Å². The number of fused-ring (bicyclic) bond motifs is 1. The normalized spacial score (nSPS) is 15.4. The second-order valence-electron chi connectivity index (χ2n) is 6.77. The third kappa shape index (κ3) is 3.38. The molecule has 6 nitrogen and oxygen atoms in total. The zero-order valence-corrected chi connectivity index (χ0v) is 14.3. The lowest BCUT2D eigenvalue weighted by Crippen LogP contribution is -2.23. The summed E-state index contributed by atoms with van der Waals surface area (Å²) in [7, 11) is 0. The molecule has 0 spiro atoms. The molecule has 0 aliphatic heterocycles. The van der Waals surface area contributed by atoms with Crippen molar-refractivity contribution in [1.82, 2.24) is 15.0 Å². The van der Waals surface area contributed by atoms with Gasteiger partial charge in [-0.1, -0.05) is 31.4 Å². The molecular formula is C19H23N5O. The smallest absolute Gasteiger partial charge is 0.225 e. The molecule has 2 heterocycles. The summed E-state index contributed by atoms with van der Waals surface area (Å²) in [6.45, 7) is 2.05. The molecular weight excluding hydrogens is 314 g/mol. The Morgan fingerprint density at radius 1 is 1.16 bits per heavy atom. The molecule has 0 bridgehead atoms. The molecule has 1 saturated carbocycles. The Labute approximate surface area is 146 Å². The SMILES string of the molecule is Cc1cccc(Nc2nc(NC3CCCCC3)nc3c[nH]c(O)c23)c1. The second-order valence-corrected chi connectivity index (χ2v) is 6.77. The third-order valence-electron chi connectivity index (χ3n) is 4.74. The molecule has 25 heavy (non-hydrogen) atoms. The summed E-state index contributed by atoms with van der Waals surface area (Å²) in [5, 5.41) is 17.5. The molecule has 4 N–H and O–H groups in total. The van der Waals surface area contributed by atoms with Crippen LogP contribution in [0.2, 0.25) is 0 Å². The summed E-state index contributed by atoms with van der Waals surface area (Å²) >= 11 is 0. The molecule has 0 saturated heterocycles. The largest absolute Gasteiger partial charge is 0.494 e. The molecule has 130 valence electrons. The first-order valence-corrected chi connectivity index (χ1v) is 8.87. The predicted molar refractivity (Wildman–Crippen MR) is 101 cm³/mol. The number of benzene rings is 1. The van der Waals surface area contributed by atoms with Crippen LogP contribution in [0.5, 0.6) is 5.88 Å². The second kappa shape index (κ2) is 6.63. The molecule has 3 aromatic rings. The van der Waals surface area contributed by atoms with Gasteiger partial charge in [0, 0.05) is 17.9 Å². The van der Waals surface area contributed by atoms with Gasteiger partial charge in [-0.3, -0.25) is 0 Å². The van der Waals surface area contributed by atoms with E-state index in [9.17, 15) is 5.11 Å². The van der Waals surface area contributed by atoms with Crippen LogP contribution >= 0.6 is 0 Å². The number of rotatable bonds is 4. The topological polar surface area (TPSA) is 85.9 Å². The Morgan fingerprint density at radius 2 is 2.00 bits per heavy atom. The lowest BCUT2D eigenvalue weighted by Gasteiger charge is -2.23. The van der Waals surface area contributed by atoms with Gasteiger partial charge >= 0.3 is 0 Å². The Balaban J connectivity index is 1.69. The molecule has 4 rings (SSSR count). The number of hydrogen-bond acceptors (Lipinski definition) is 5. The average Bonchev–Trinajstić information content (AvgIpc) is 2.97. The maximum atomic E-state index is 10.1. The van der Waals surface area contributed by atoms with Gasteiger partial charge in [0.2, 0.25) is 11.8 Å². The van der Waals surface area contributed by atoms with Crippen molar-refractivity contribution in [2.24, 2.45) is 0 Å². The molecule has 1 aliphatic rings. The first-order valence-electron chi connectivity index (χ1n) is 8.87. The van der Waals surface area contributed by atoms with Gasteiger partial charge in [-0.15, -0.1) is 0 Å². The minimum atomic E-state index is 0.0781. The van der Waals surface area contributed by atoms with E-state index in [0.29, 0.717) is 28.7 Å². The van der Waals surface area contributed by atoms with Crippen LogP contribution in [0.4, 0.5) is 17.5 Å². The lowest BCUT2D eigenvalue weighted by atomic mass is 9.96. The van der Waals surface area contributed by atoms with E-state index in [1.807, 2.05) is 31.2 Å². The van der Waals surface area contributed by atoms with Gasteiger partial charge < -0.3 is 20.7 Å². The fourth-order valence-electron chi connectivity index (χ4n) is 3.47. The predicted octanol–water partition coefficient (Wildman–Crippen LogP) is 4.46. The highest BCUT2D eigenvalue weighted by Crippen LogP contribution is 2.32. The van der Waals surface area contributed by atoms with Gasteiger partial charge in [0.1, 0.15) is 11.2 Å². The van der Waals surface area contributed by atoms with Crippen molar-refractivity contribution in [3.8, 4) is 5.88 Å². The summed E-state index contributed by atoms with van der Waals surface area (Å²) in [5.74, 6) is 1.29. The van der Waals surface area contributed by atoms with E-state index in [1.54, 1.807) is 6.20 Å². The lowest BCUT2D eigenvalue weighted by molar-refractivity contribution is 0.461. The van der Waals surface area contributed by atoms with Crippen molar-refractivity contribution < 1.29 is 5.11 Å². The van der Waals surface area contributed by atoms with Gasteiger partial charge in [0.05, 0.1) is 5.52 Å². The van der Waals surface area contributed by atoms with E-state index in [4.69, 9.17) is 0 Å². The van der Waals surface area contributed by atoms with Crippen molar-refractivity contribution in [2.45, 2.75) is 45.1 Å². The number of aromatic amines is 1. The van der Waals surface area contributed by atoms with Crippen LogP contribution in [-0.4, -0.2) is 26.1 Å². The molecule has 0 unspecified atom stereocenters. The fourth-order valence-corrected chi connectivity index (χ4v) is 3.47. The molecule has 1 aromatic carbocycles. The molecule has 0 atom stereocenters. The molecule has 0 amide bonds. The van der Waals surface area contributed by atoms with E-state index < -0.39 is 0 Å². The number of nitrogens with one attached hydrogen (secondary N) is 3. The molecule has 6 heteroatoms. The van der Waals surface area contributed by atoms with E-state index >= 15 is 0 Å². The number of hydrogen-bond donors (Lipinski definition) is 4. The number of anilines is 3. The standard InChI is InChI=1S/C19H23N5O/c1-12-6-5-9-14(10-12)21-17-16-15(11-20-18(16)25)23-19(24-17)22-13-7-3-2-4-8-13/h5-6,9-11,13,20,25H,2-4,7-8H2,1H3,(H2,21,22,23,24). The third-order valence-corrected chi connectivity index (χ3v) is 4.74. The number of aromatic nitrogens is 3. The maximum absolute atomic E-state index is 10.1. The Kier molecular flexibility index (Phi) is 4.17. The van der Waals surface area contributed by atoms with Gasteiger partial charge in [-0.25, -0.2) is 4.98 Å². The quantitative estimate of drug-likeness (QED) is 0.565. The van der Waals surface area contributed by atoms with E-state index in [2.05, 4.69) is 25.6 Å². The number of aryl methyl sites for hydroxylation is 1. The monoisotopic (exact) mass is 337 g/mol. The number of nitrogens with zero attached hydrogens (tertiary/aromatic N) is 2. The van der Waals surface area contributed by atoms with Gasteiger partial charge in [-0.05, 0) is 37.5 Å². The highest BCUT2D eigenvalue weighted by atomic mass is 16.3. The van der Waals surface area contributed by atoms with Crippen LogP contribution in [-0.2, 0) is 0 Å². The summed E-state index contributed by atoms with van der Waals surface area (Å²) in [6, 6.07) is 8.49. The Morgan fingerprint density at radius 3 is 2.80 bits per heavy atom. The molecule has 1 fully saturated rings. The summed E-state index contributed by atoms with van der Waals surface area (Å²) in [4.78, 5) is 12.0. The van der Waals surface area contributed by atoms with Crippen molar-refractivity contribution in [1.29, 1.82) is 0 Å². The summed E-state index contributed by atoms with van der Waals surface area (Å²) in [5.41, 5.74) is 2.79. The zero-order valence-electron chi connectivity index (χ0n) is 14.3. The molecule has 0 radical (unpaired) electrons. The highest BCUT2D eigenvalue weighted by Gasteiger charge is 2.18. The zero-order chi connectivity index (χ0) is 17.2. The molecule has 1 aliphatic carbocycles. The highest BCUT2D eigenvalue weighted by molar-refractivity contribution is 5.96. The van der Waals surface area contributed by atoms with E-state index in [1.165, 1.54) is 19.3 Å². The minimum Gasteiger partial charge on any atom is -0.494 e. The summed E-state index contributed by atoms with van der Waals surface area (Å²) < 4.78 is 0. The maximum Gasteiger partial charge on any atom is 0.225 e. The Hall–Kier alpha value is -2.76. The van der Waals surface area contributed by atoms with Crippen LogP contribution in [0.1, 0.15) is 37.7 Å². The number of H-pyrrole nitrogens is 1. The van der Waals surface area contributed by atoms with Crippen molar-refractivity contribution in [3.63, 3.8) is 0 Å². The van der Waals surface area contributed by atoms with Crippen molar-refractivity contribution >= 4 is 28.4 Å². The first kappa shape index (κ1) is 15.7. The van der Waals surface area contributed by atoms with Crippen LogP contribution in [0, 0.1) is 6.92 Å². The van der Waals surface area contributed by atoms with Crippen LogP contribution in [0.25, 0.3) is 10.9 Å². The average molecular weight is 337 g/mol. The molecule has 2 aromatic heterocycles. The van der Waals surface area contributed by atoms with E-state index in [0.717, 1.165) is 24.1 Å².